The van der Waals surface area contributed by atoms with Gasteiger partial charge in [0, 0.05) is 26.3 Å². The molecule has 0 aliphatic carbocycles. The van der Waals surface area contributed by atoms with Gasteiger partial charge in [0.2, 0.25) is 0 Å². The summed E-state index contributed by atoms with van der Waals surface area (Å²) >= 11 is 0. The second-order valence-electron chi connectivity index (χ2n) is 2.65. The molecule has 0 aromatic rings. The van der Waals surface area contributed by atoms with Crippen LogP contribution < -0.4 is 5.32 Å². The lowest BCUT2D eigenvalue weighted by Crippen LogP contribution is -2.29. The van der Waals surface area contributed by atoms with E-state index < -0.39 is 0 Å². The highest BCUT2D eigenvalue weighted by Gasteiger charge is 2.27. The van der Waals surface area contributed by atoms with Crippen molar-refractivity contribution >= 4 is 0 Å². The van der Waals surface area contributed by atoms with E-state index in [0.29, 0.717) is 0 Å². The molecule has 0 radical (unpaired) electrons. The van der Waals surface area contributed by atoms with Crippen molar-refractivity contribution in [2.75, 3.05) is 26.3 Å². The summed E-state index contributed by atoms with van der Waals surface area (Å²) in [6.45, 7) is 7.44. The molecule has 1 aliphatic rings. The Hall–Kier alpha value is -0.120. The van der Waals surface area contributed by atoms with Crippen LogP contribution in [-0.4, -0.2) is 38.5 Å². The largest absolute Gasteiger partial charge is 0.374 e. The van der Waals surface area contributed by atoms with Crippen LogP contribution in [0.2, 0.25) is 0 Å². The summed E-state index contributed by atoms with van der Waals surface area (Å²) < 4.78 is 11.0. The van der Waals surface area contributed by atoms with Gasteiger partial charge in [-0.3, -0.25) is 0 Å². The quantitative estimate of drug-likeness (QED) is 0.644. The van der Waals surface area contributed by atoms with E-state index in [-0.39, 0.29) is 12.2 Å². The minimum atomic E-state index is 0.264. The molecule has 1 fully saturated rings. The Morgan fingerprint density at radius 2 is 1.55 bits per heavy atom. The highest BCUT2D eigenvalue weighted by atomic mass is 16.5. The first-order chi connectivity index (χ1) is 5.38. The summed E-state index contributed by atoms with van der Waals surface area (Å²) in [6, 6.07) is 0. The molecular weight excluding hydrogens is 142 g/mol. The molecule has 2 atom stereocenters. The maximum atomic E-state index is 5.48. The molecule has 0 bridgehead atoms. The number of nitrogens with one attached hydrogen (secondary N) is 1. The van der Waals surface area contributed by atoms with Gasteiger partial charge in [-0.15, -0.1) is 0 Å². The first kappa shape index (κ1) is 8.97. The van der Waals surface area contributed by atoms with Crippen molar-refractivity contribution in [1.82, 2.24) is 5.32 Å². The van der Waals surface area contributed by atoms with Crippen LogP contribution in [0.3, 0.4) is 0 Å². The van der Waals surface area contributed by atoms with Crippen molar-refractivity contribution in [2.24, 2.45) is 0 Å². The Balaban J connectivity index is 2.25. The van der Waals surface area contributed by atoms with Crippen LogP contribution in [0.25, 0.3) is 0 Å². The molecule has 1 saturated heterocycles. The number of ether oxygens (including phenoxy) is 2. The fourth-order valence-electron chi connectivity index (χ4n) is 1.39. The van der Waals surface area contributed by atoms with Gasteiger partial charge >= 0.3 is 0 Å². The van der Waals surface area contributed by atoms with E-state index in [9.17, 15) is 0 Å². The predicted molar refractivity (Wildman–Crippen MR) is 43.7 cm³/mol. The smallest absolute Gasteiger partial charge is 0.0972 e. The third-order valence-corrected chi connectivity index (χ3v) is 1.87. The van der Waals surface area contributed by atoms with E-state index >= 15 is 0 Å². The monoisotopic (exact) mass is 159 g/mol. The second-order valence-corrected chi connectivity index (χ2v) is 2.65. The van der Waals surface area contributed by atoms with Gasteiger partial charge in [0.1, 0.15) is 0 Å². The molecule has 0 amide bonds. The normalized spacial score (nSPS) is 31.1. The maximum absolute atomic E-state index is 5.48. The van der Waals surface area contributed by atoms with Gasteiger partial charge in [-0.2, -0.15) is 0 Å². The van der Waals surface area contributed by atoms with Crippen LogP contribution in [0.1, 0.15) is 13.8 Å². The summed E-state index contributed by atoms with van der Waals surface area (Å²) in [5, 5.41) is 3.24. The average molecular weight is 159 g/mol. The Labute approximate surface area is 68.1 Å². The van der Waals surface area contributed by atoms with E-state index in [2.05, 4.69) is 5.32 Å². The van der Waals surface area contributed by atoms with E-state index in [1.54, 1.807) is 0 Å². The van der Waals surface area contributed by atoms with Crippen molar-refractivity contribution in [3.05, 3.63) is 0 Å². The van der Waals surface area contributed by atoms with Gasteiger partial charge in [-0.25, -0.2) is 0 Å². The molecule has 66 valence electrons. The predicted octanol–water partition coefficient (Wildman–Crippen LogP) is 0.400. The fraction of sp³-hybridized carbons (Fsp3) is 1.00. The summed E-state index contributed by atoms with van der Waals surface area (Å²) in [5.74, 6) is 0. The molecular formula is C8H17NO2. The molecule has 1 N–H and O–H groups in total. The number of hydrogen-bond acceptors (Lipinski definition) is 3. The molecule has 1 aliphatic heterocycles. The Morgan fingerprint density at radius 1 is 1.09 bits per heavy atom. The lowest BCUT2D eigenvalue weighted by Gasteiger charge is -2.17. The van der Waals surface area contributed by atoms with Crippen molar-refractivity contribution < 1.29 is 9.47 Å². The van der Waals surface area contributed by atoms with Crippen LogP contribution in [0, 0.1) is 0 Å². The maximum Gasteiger partial charge on any atom is 0.0972 e. The molecule has 0 spiro atoms. The van der Waals surface area contributed by atoms with Gasteiger partial charge in [0.15, 0.2) is 0 Å². The number of rotatable bonds is 4. The zero-order valence-corrected chi connectivity index (χ0v) is 7.30. The SMILES string of the molecule is CCO[C@H]1CNC[C@@H]1OCC. The fourth-order valence-corrected chi connectivity index (χ4v) is 1.39. The highest BCUT2D eigenvalue weighted by molar-refractivity contribution is 4.82. The molecule has 0 aromatic carbocycles. The minimum absolute atomic E-state index is 0.264. The average Bonchev–Trinajstić information content (AvgIpc) is 2.39. The molecule has 0 unspecified atom stereocenters. The zero-order chi connectivity index (χ0) is 8.10. The van der Waals surface area contributed by atoms with Gasteiger partial charge in [-0.05, 0) is 13.8 Å². The Morgan fingerprint density at radius 3 is 1.91 bits per heavy atom. The first-order valence-corrected chi connectivity index (χ1v) is 4.32. The summed E-state index contributed by atoms with van der Waals surface area (Å²) in [6.07, 6.45) is 0.528. The third kappa shape index (κ3) is 2.43. The molecule has 3 heteroatoms. The molecule has 1 rings (SSSR count). The minimum Gasteiger partial charge on any atom is -0.374 e. The molecule has 0 aromatic heterocycles. The molecule has 3 nitrogen and oxygen atoms in total. The Kier molecular flexibility index (Phi) is 3.83. The number of hydrogen-bond donors (Lipinski definition) is 1. The molecule has 1 heterocycles. The highest BCUT2D eigenvalue weighted by Crippen LogP contribution is 2.08. The van der Waals surface area contributed by atoms with Gasteiger partial charge < -0.3 is 14.8 Å². The van der Waals surface area contributed by atoms with Crippen LogP contribution in [0.4, 0.5) is 0 Å². The van der Waals surface area contributed by atoms with Crippen LogP contribution >= 0.6 is 0 Å². The van der Waals surface area contributed by atoms with Crippen molar-refractivity contribution in [3.8, 4) is 0 Å². The first-order valence-electron chi connectivity index (χ1n) is 4.32. The van der Waals surface area contributed by atoms with Crippen LogP contribution in [0.5, 0.6) is 0 Å². The molecule has 0 saturated carbocycles. The van der Waals surface area contributed by atoms with Crippen molar-refractivity contribution in [1.29, 1.82) is 0 Å². The van der Waals surface area contributed by atoms with Crippen LogP contribution in [0.15, 0.2) is 0 Å². The standard InChI is InChI=1S/C8H17NO2/c1-3-10-7-5-9-6-8(7)11-4-2/h7-9H,3-6H2,1-2H3/t7-,8-/m0/s1. The third-order valence-electron chi connectivity index (χ3n) is 1.87. The van der Waals surface area contributed by atoms with Crippen LogP contribution in [-0.2, 0) is 9.47 Å². The summed E-state index contributed by atoms with van der Waals surface area (Å²) in [7, 11) is 0. The second kappa shape index (κ2) is 4.70. The van der Waals surface area contributed by atoms with E-state index in [4.69, 9.17) is 9.47 Å². The van der Waals surface area contributed by atoms with Gasteiger partial charge in [0.05, 0.1) is 12.2 Å². The van der Waals surface area contributed by atoms with Gasteiger partial charge in [-0.1, -0.05) is 0 Å². The van der Waals surface area contributed by atoms with E-state index in [1.165, 1.54) is 0 Å². The zero-order valence-electron chi connectivity index (χ0n) is 7.30. The topological polar surface area (TPSA) is 30.5 Å². The Bertz CT molecular complexity index is 96.3. The van der Waals surface area contributed by atoms with Gasteiger partial charge in [0.25, 0.3) is 0 Å². The lowest BCUT2D eigenvalue weighted by atomic mass is 10.2. The van der Waals surface area contributed by atoms with E-state index in [1.807, 2.05) is 13.8 Å². The summed E-state index contributed by atoms with van der Waals surface area (Å²) in [5.41, 5.74) is 0. The van der Waals surface area contributed by atoms with Crippen molar-refractivity contribution in [3.63, 3.8) is 0 Å². The van der Waals surface area contributed by atoms with E-state index in [0.717, 1.165) is 26.3 Å². The molecule has 11 heavy (non-hydrogen) atoms. The summed E-state index contributed by atoms with van der Waals surface area (Å²) in [4.78, 5) is 0. The lowest BCUT2D eigenvalue weighted by molar-refractivity contribution is -0.0388. The van der Waals surface area contributed by atoms with Crippen molar-refractivity contribution in [2.45, 2.75) is 26.1 Å².